The Hall–Kier alpha value is -2.67. The van der Waals surface area contributed by atoms with Crippen LogP contribution in [0.1, 0.15) is 12.0 Å². The monoisotopic (exact) mass is 399 g/mol. The van der Waals surface area contributed by atoms with Gasteiger partial charge in [-0.1, -0.05) is 17.7 Å². The summed E-state index contributed by atoms with van der Waals surface area (Å²) in [6.07, 6.45) is 4.04. The maximum absolute atomic E-state index is 12.8. The van der Waals surface area contributed by atoms with E-state index in [0.29, 0.717) is 49.3 Å². The van der Waals surface area contributed by atoms with E-state index in [9.17, 15) is 9.59 Å². The Morgan fingerprint density at radius 2 is 1.82 bits per heavy atom. The van der Waals surface area contributed by atoms with Crippen molar-refractivity contribution in [3.63, 3.8) is 0 Å². The van der Waals surface area contributed by atoms with Crippen LogP contribution in [0.5, 0.6) is 0 Å². The molecule has 2 heterocycles. The summed E-state index contributed by atoms with van der Waals surface area (Å²) in [6.45, 7) is 4.55. The molecule has 1 aliphatic carbocycles. The number of carbonyl (C=O) groups is 2. The number of nitrogens with zero attached hydrogens (tertiary/aromatic N) is 4. The summed E-state index contributed by atoms with van der Waals surface area (Å²) < 4.78 is 0. The van der Waals surface area contributed by atoms with Crippen LogP contribution >= 0.6 is 11.6 Å². The molecule has 146 valence electrons. The number of aromatic nitrogens is 2. The molecule has 1 aliphatic heterocycles. The summed E-state index contributed by atoms with van der Waals surface area (Å²) in [5, 5.41) is 3.48. The summed E-state index contributed by atoms with van der Waals surface area (Å²) in [6, 6.07) is 7.17. The molecule has 0 radical (unpaired) electrons. The molecule has 1 aromatic heterocycles. The Balaban J connectivity index is 1.30. The van der Waals surface area contributed by atoms with Crippen LogP contribution in [0.4, 0.5) is 11.6 Å². The number of hydrogen-bond acceptors (Lipinski definition) is 5. The van der Waals surface area contributed by atoms with Crippen LogP contribution in [-0.4, -0.2) is 52.9 Å². The van der Waals surface area contributed by atoms with Gasteiger partial charge in [-0.15, -0.1) is 0 Å². The Bertz CT molecular complexity index is 883. The third kappa shape index (κ3) is 3.94. The van der Waals surface area contributed by atoms with E-state index in [-0.39, 0.29) is 23.7 Å². The van der Waals surface area contributed by atoms with Gasteiger partial charge in [-0.2, -0.15) is 0 Å². The minimum absolute atomic E-state index is 0.0663. The molecular weight excluding hydrogens is 378 g/mol. The summed E-state index contributed by atoms with van der Waals surface area (Å²) in [5.74, 6) is 0.159. The molecule has 7 nitrogen and oxygen atoms in total. The van der Waals surface area contributed by atoms with E-state index in [0.717, 1.165) is 5.56 Å². The number of carbonyl (C=O) groups excluding carboxylic acids is 2. The van der Waals surface area contributed by atoms with Gasteiger partial charge in [-0.25, -0.2) is 9.97 Å². The normalized spacial score (nSPS) is 21.4. The zero-order chi connectivity index (χ0) is 19.7. The van der Waals surface area contributed by atoms with Gasteiger partial charge in [-0.05, 0) is 37.1 Å². The molecule has 1 N–H and O–H groups in total. The Labute approximate surface area is 168 Å². The average Bonchev–Trinajstić information content (AvgIpc) is 3.52. The van der Waals surface area contributed by atoms with Crippen molar-refractivity contribution in [1.29, 1.82) is 0 Å². The topological polar surface area (TPSA) is 78.4 Å². The van der Waals surface area contributed by atoms with Crippen LogP contribution in [0, 0.1) is 18.8 Å². The van der Waals surface area contributed by atoms with Crippen molar-refractivity contribution in [3.8, 4) is 0 Å². The Kier molecular flexibility index (Phi) is 5.17. The van der Waals surface area contributed by atoms with Crippen molar-refractivity contribution in [2.24, 2.45) is 11.8 Å². The molecule has 2 atom stereocenters. The van der Waals surface area contributed by atoms with Gasteiger partial charge in [0, 0.05) is 49.3 Å². The van der Waals surface area contributed by atoms with Crippen LogP contribution < -0.4 is 10.2 Å². The van der Waals surface area contributed by atoms with E-state index in [2.05, 4.69) is 20.2 Å². The quantitative estimate of drug-likeness (QED) is 0.853. The lowest BCUT2D eigenvalue weighted by Gasteiger charge is -2.34. The number of anilines is 2. The fourth-order valence-corrected chi connectivity index (χ4v) is 3.70. The first-order valence-corrected chi connectivity index (χ1v) is 9.78. The summed E-state index contributed by atoms with van der Waals surface area (Å²) in [5.41, 5.74) is 1.65. The standard InChI is InChI=1S/C20H22ClN5O2/c1-13-3-4-14(21)11-17(13)24-18(27)15-12-16(15)19(28)25-7-9-26(10-8-25)20-22-5-2-6-23-20/h2-6,11,15-16H,7-10,12H2,1H3,(H,24,27). The minimum Gasteiger partial charge on any atom is -0.339 e. The number of benzene rings is 1. The Morgan fingerprint density at radius 1 is 1.11 bits per heavy atom. The second-order valence-corrected chi connectivity index (χ2v) is 7.69. The summed E-state index contributed by atoms with van der Waals surface area (Å²) >= 11 is 6.01. The lowest BCUT2D eigenvalue weighted by atomic mass is 10.2. The number of aryl methyl sites for hydroxylation is 1. The number of nitrogens with one attached hydrogen (secondary N) is 1. The van der Waals surface area contributed by atoms with Crippen LogP contribution in [0.3, 0.4) is 0 Å². The highest BCUT2D eigenvalue weighted by Gasteiger charge is 2.49. The summed E-state index contributed by atoms with van der Waals surface area (Å²) in [7, 11) is 0. The van der Waals surface area contributed by atoms with E-state index in [1.54, 1.807) is 30.6 Å². The first-order chi connectivity index (χ1) is 13.5. The molecule has 2 unspecified atom stereocenters. The number of piperazine rings is 1. The maximum atomic E-state index is 12.8. The molecule has 2 aromatic rings. The minimum atomic E-state index is -0.263. The number of hydrogen-bond donors (Lipinski definition) is 1. The third-order valence-corrected chi connectivity index (χ3v) is 5.56. The fourth-order valence-electron chi connectivity index (χ4n) is 3.53. The number of halogens is 1. The fraction of sp³-hybridized carbons (Fsp3) is 0.400. The third-order valence-electron chi connectivity index (χ3n) is 5.33. The smallest absolute Gasteiger partial charge is 0.228 e. The number of amides is 2. The van der Waals surface area contributed by atoms with Gasteiger partial charge in [0.25, 0.3) is 0 Å². The molecule has 1 saturated heterocycles. The maximum Gasteiger partial charge on any atom is 0.228 e. The largest absolute Gasteiger partial charge is 0.339 e. The van der Waals surface area contributed by atoms with Gasteiger partial charge < -0.3 is 15.1 Å². The molecule has 1 aromatic carbocycles. The van der Waals surface area contributed by atoms with Gasteiger partial charge in [0.2, 0.25) is 17.8 Å². The molecule has 4 rings (SSSR count). The molecule has 2 fully saturated rings. The highest BCUT2D eigenvalue weighted by Crippen LogP contribution is 2.41. The molecule has 2 aliphatic rings. The van der Waals surface area contributed by atoms with E-state index < -0.39 is 0 Å². The van der Waals surface area contributed by atoms with Gasteiger partial charge in [-0.3, -0.25) is 9.59 Å². The predicted octanol–water partition coefficient (Wildman–Crippen LogP) is 2.36. The molecule has 0 spiro atoms. The first-order valence-electron chi connectivity index (χ1n) is 9.40. The second kappa shape index (κ2) is 7.75. The van der Waals surface area contributed by atoms with Crippen molar-refractivity contribution >= 4 is 35.1 Å². The highest BCUT2D eigenvalue weighted by atomic mass is 35.5. The molecule has 28 heavy (non-hydrogen) atoms. The Morgan fingerprint density at radius 3 is 2.54 bits per heavy atom. The van der Waals surface area contributed by atoms with Crippen molar-refractivity contribution in [3.05, 3.63) is 47.2 Å². The van der Waals surface area contributed by atoms with E-state index >= 15 is 0 Å². The predicted molar refractivity (Wildman–Crippen MR) is 107 cm³/mol. The van der Waals surface area contributed by atoms with Crippen LogP contribution in [0.25, 0.3) is 0 Å². The van der Waals surface area contributed by atoms with Crippen LogP contribution in [0.2, 0.25) is 5.02 Å². The van der Waals surface area contributed by atoms with Gasteiger partial charge in [0.15, 0.2) is 0 Å². The molecular formula is C20H22ClN5O2. The average molecular weight is 400 g/mol. The van der Waals surface area contributed by atoms with Gasteiger partial charge in [0.1, 0.15) is 0 Å². The van der Waals surface area contributed by atoms with E-state index in [1.165, 1.54) is 0 Å². The van der Waals surface area contributed by atoms with Crippen LogP contribution in [-0.2, 0) is 9.59 Å². The lowest BCUT2D eigenvalue weighted by molar-refractivity contribution is -0.134. The first kappa shape index (κ1) is 18.7. The van der Waals surface area contributed by atoms with E-state index in [4.69, 9.17) is 11.6 Å². The molecule has 0 bridgehead atoms. The highest BCUT2D eigenvalue weighted by molar-refractivity contribution is 6.31. The van der Waals surface area contributed by atoms with Crippen molar-refractivity contribution in [2.75, 3.05) is 36.4 Å². The summed E-state index contributed by atoms with van der Waals surface area (Å²) in [4.78, 5) is 37.7. The van der Waals surface area contributed by atoms with Gasteiger partial charge in [0.05, 0.1) is 11.8 Å². The lowest BCUT2D eigenvalue weighted by Crippen LogP contribution is -2.50. The number of rotatable bonds is 4. The van der Waals surface area contributed by atoms with Gasteiger partial charge >= 0.3 is 0 Å². The van der Waals surface area contributed by atoms with Crippen LogP contribution in [0.15, 0.2) is 36.7 Å². The molecule has 2 amide bonds. The SMILES string of the molecule is Cc1ccc(Cl)cc1NC(=O)C1CC1C(=O)N1CCN(c2ncccn2)CC1. The molecule has 8 heteroatoms. The van der Waals surface area contributed by atoms with Crippen molar-refractivity contribution in [1.82, 2.24) is 14.9 Å². The van der Waals surface area contributed by atoms with E-state index in [1.807, 2.05) is 17.9 Å². The zero-order valence-electron chi connectivity index (χ0n) is 15.6. The van der Waals surface area contributed by atoms with Crippen molar-refractivity contribution in [2.45, 2.75) is 13.3 Å². The second-order valence-electron chi connectivity index (χ2n) is 7.26. The molecule has 1 saturated carbocycles. The zero-order valence-corrected chi connectivity index (χ0v) is 16.4. The van der Waals surface area contributed by atoms with Crippen molar-refractivity contribution < 1.29 is 9.59 Å².